The summed E-state index contributed by atoms with van der Waals surface area (Å²) in [5.74, 6) is 5.68. The number of rotatable bonds is 2. The van der Waals surface area contributed by atoms with Crippen molar-refractivity contribution in [2.75, 3.05) is 6.54 Å². The lowest BCUT2D eigenvalue weighted by atomic mass is 9.99. The molecular weight excluding hydrogens is 164 g/mol. The number of guanidine groups is 1. The Balaban J connectivity index is 2.56. The standard InChI is InChI=1S/C9H20N4/c1-2-5-8-6-3-4-7-13(8)9(10)12-11/h8H,2-7,11H2,1H3,(H2,10,12). The monoisotopic (exact) mass is 184 g/mol. The molecule has 1 aliphatic rings. The van der Waals surface area contributed by atoms with E-state index >= 15 is 0 Å². The summed E-state index contributed by atoms with van der Waals surface area (Å²) in [6, 6.07) is 0.561. The number of hydrazone groups is 1. The van der Waals surface area contributed by atoms with Gasteiger partial charge in [-0.15, -0.1) is 5.10 Å². The van der Waals surface area contributed by atoms with E-state index < -0.39 is 0 Å². The predicted octanol–water partition coefficient (Wildman–Crippen LogP) is 0.829. The van der Waals surface area contributed by atoms with Crippen molar-refractivity contribution in [3.05, 3.63) is 0 Å². The van der Waals surface area contributed by atoms with Crippen LogP contribution in [0.5, 0.6) is 0 Å². The SMILES string of the molecule is CCCC1CCCCN1/C(N)=N/N. The molecule has 13 heavy (non-hydrogen) atoms. The van der Waals surface area contributed by atoms with Crippen molar-refractivity contribution < 1.29 is 0 Å². The Hall–Kier alpha value is -0.930. The van der Waals surface area contributed by atoms with Gasteiger partial charge in [0.15, 0.2) is 0 Å². The van der Waals surface area contributed by atoms with Gasteiger partial charge in [-0.3, -0.25) is 0 Å². The molecule has 4 N–H and O–H groups in total. The number of hydrogen-bond donors (Lipinski definition) is 2. The van der Waals surface area contributed by atoms with Crippen LogP contribution in [-0.2, 0) is 0 Å². The molecule has 1 aliphatic heterocycles. The van der Waals surface area contributed by atoms with Crippen LogP contribution >= 0.6 is 0 Å². The molecule has 1 rings (SSSR count). The summed E-state index contributed by atoms with van der Waals surface area (Å²) in [6.45, 7) is 3.21. The summed E-state index contributed by atoms with van der Waals surface area (Å²) >= 11 is 0. The molecule has 4 heteroatoms. The van der Waals surface area contributed by atoms with Gasteiger partial charge in [0.05, 0.1) is 0 Å². The Morgan fingerprint density at radius 3 is 2.92 bits per heavy atom. The molecule has 0 spiro atoms. The van der Waals surface area contributed by atoms with Crippen molar-refractivity contribution in [1.29, 1.82) is 0 Å². The molecular formula is C9H20N4. The van der Waals surface area contributed by atoms with E-state index in [-0.39, 0.29) is 0 Å². The van der Waals surface area contributed by atoms with E-state index in [0.717, 1.165) is 6.54 Å². The quantitative estimate of drug-likeness (QED) is 0.289. The molecule has 0 radical (unpaired) electrons. The van der Waals surface area contributed by atoms with E-state index in [1.807, 2.05) is 0 Å². The van der Waals surface area contributed by atoms with E-state index in [0.29, 0.717) is 12.0 Å². The molecule has 0 bridgehead atoms. The fraction of sp³-hybridized carbons (Fsp3) is 0.889. The molecule has 1 fully saturated rings. The van der Waals surface area contributed by atoms with Crippen molar-refractivity contribution in [3.63, 3.8) is 0 Å². The zero-order chi connectivity index (χ0) is 9.68. The highest BCUT2D eigenvalue weighted by Crippen LogP contribution is 2.20. The fourth-order valence-corrected chi connectivity index (χ4v) is 2.01. The molecule has 0 aromatic heterocycles. The summed E-state index contributed by atoms with van der Waals surface area (Å²) in [5, 5.41) is 3.56. The van der Waals surface area contributed by atoms with Crippen molar-refractivity contribution in [3.8, 4) is 0 Å². The van der Waals surface area contributed by atoms with Crippen molar-refractivity contribution in [2.45, 2.75) is 45.1 Å². The number of nitrogens with two attached hydrogens (primary N) is 2. The summed E-state index contributed by atoms with van der Waals surface area (Å²) in [4.78, 5) is 2.15. The maximum atomic E-state index is 5.72. The molecule has 0 amide bonds. The van der Waals surface area contributed by atoms with Gasteiger partial charge in [-0.2, -0.15) is 0 Å². The van der Waals surface area contributed by atoms with E-state index in [4.69, 9.17) is 11.6 Å². The third-order valence-corrected chi connectivity index (χ3v) is 2.68. The molecule has 1 heterocycles. The first-order valence-electron chi connectivity index (χ1n) is 5.09. The van der Waals surface area contributed by atoms with Crippen LogP contribution in [0.25, 0.3) is 0 Å². The highest BCUT2D eigenvalue weighted by molar-refractivity contribution is 5.78. The summed E-state index contributed by atoms with van der Waals surface area (Å²) < 4.78 is 0. The van der Waals surface area contributed by atoms with Gasteiger partial charge < -0.3 is 16.5 Å². The van der Waals surface area contributed by atoms with Crippen LogP contribution in [0.3, 0.4) is 0 Å². The Bertz CT molecular complexity index is 176. The topological polar surface area (TPSA) is 67.6 Å². The van der Waals surface area contributed by atoms with Crippen LogP contribution in [0, 0.1) is 0 Å². The number of hydrogen-bond acceptors (Lipinski definition) is 2. The maximum absolute atomic E-state index is 5.72. The highest BCUT2D eigenvalue weighted by Gasteiger charge is 2.22. The number of piperidine rings is 1. The van der Waals surface area contributed by atoms with E-state index in [2.05, 4.69) is 16.9 Å². The van der Waals surface area contributed by atoms with Gasteiger partial charge in [0.2, 0.25) is 5.96 Å². The number of nitrogens with zero attached hydrogens (tertiary/aromatic N) is 2. The summed E-state index contributed by atoms with van der Waals surface area (Å²) in [5.41, 5.74) is 5.72. The predicted molar refractivity (Wildman–Crippen MR) is 55.1 cm³/mol. The van der Waals surface area contributed by atoms with E-state index in [1.54, 1.807) is 0 Å². The molecule has 0 aromatic carbocycles. The van der Waals surface area contributed by atoms with E-state index in [9.17, 15) is 0 Å². The molecule has 1 saturated heterocycles. The smallest absolute Gasteiger partial charge is 0.213 e. The van der Waals surface area contributed by atoms with Gasteiger partial charge in [0.25, 0.3) is 0 Å². The molecule has 0 aliphatic carbocycles. The minimum absolute atomic E-state index is 0.498. The van der Waals surface area contributed by atoms with Crippen molar-refractivity contribution in [2.24, 2.45) is 16.7 Å². The lowest BCUT2D eigenvalue weighted by Gasteiger charge is -2.36. The molecule has 0 aromatic rings. The first-order valence-corrected chi connectivity index (χ1v) is 5.09. The maximum Gasteiger partial charge on any atom is 0.213 e. The molecule has 1 atom stereocenters. The van der Waals surface area contributed by atoms with Gasteiger partial charge in [0.1, 0.15) is 0 Å². The first-order chi connectivity index (χ1) is 6.29. The lowest BCUT2D eigenvalue weighted by molar-refractivity contribution is 0.226. The van der Waals surface area contributed by atoms with Crippen LogP contribution in [0.4, 0.5) is 0 Å². The average molecular weight is 184 g/mol. The summed E-state index contributed by atoms with van der Waals surface area (Å²) in [6.07, 6.45) is 6.12. The summed E-state index contributed by atoms with van der Waals surface area (Å²) in [7, 11) is 0. The van der Waals surface area contributed by atoms with Crippen LogP contribution in [0.15, 0.2) is 5.10 Å². The Labute approximate surface area is 80.0 Å². The van der Waals surface area contributed by atoms with Gasteiger partial charge >= 0.3 is 0 Å². The Morgan fingerprint density at radius 2 is 2.31 bits per heavy atom. The highest BCUT2D eigenvalue weighted by atomic mass is 15.3. The van der Waals surface area contributed by atoms with Gasteiger partial charge in [-0.1, -0.05) is 13.3 Å². The van der Waals surface area contributed by atoms with Gasteiger partial charge in [0, 0.05) is 12.6 Å². The average Bonchev–Trinajstić information content (AvgIpc) is 2.18. The third-order valence-electron chi connectivity index (χ3n) is 2.68. The fourth-order valence-electron chi connectivity index (χ4n) is 2.01. The molecule has 0 saturated carbocycles. The number of likely N-dealkylation sites (tertiary alicyclic amines) is 1. The third kappa shape index (κ3) is 2.50. The van der Waals surface area contributed by atoms with Crippen molar-refractivity contribution in [1.82, 2.24) is 4.90 Å². The Morgan fingerprint density at radius 1 is 1.54 bits per heavy atom. The molecule has 1 unspecified atom stereocenters. The van der Waals surface area contributed by atoms with Crippen LogP contribution in [-0.4, -0.2) is 23.4 Å². The van der Waals surface area contributed by atoms with Crippen LogP contribution in [0.1, 0.15) is 39.0 Å². The zero-order valence-electron chi connectivity index (χ0n) is 8.37. The van der Waals surface area contributed by atoms with Crippen molar-refractivity contribution >= 4 is 5.96 Å². The normalized spacial score (nSPS) is 24.8. The zero-order valence-corrected chi connectivity index (χ0v) is 8.37. The lowest BCUT2D eigenvalue weighted by Crippen LogP contribution is -2.47. The van der Waals surface area contributed by atoms with Crippen LogP contribution in [0.2, 0.25) is 0 Å². The molecule has 76 valence electrons. The van der Waals surface area contributed by atoms with Gasteiger partial charge in [-0.25, -0.2) is 0 Å². The second-order valence-corrected chi connectivity index (χ2v) is 3.62. The largest absolute Gasteiger partial charge is 0.368 e. The molecule has 4 nitrogen and oxygen atoms in total. The minimum Gasteiger partial charge on any atom is -0.368 e. The van der Waals surface area contributed by atoms with Gasteiger partial charge in [-0.05, 0) is 25.7 Å². The first kappa shape index (κ1) is 10.2. The minimum atomic E-state index is 0.498. The second-order valence-electron chi connectivity index (χ2n) is 3.62. The Kier molecular flexibility index (Phi) is 3.86. The van der Waals surface area contributed by atoms with E-state index in [1.165, 1.54) is 32.1 Å². The van der Waals surface area contributed by atoms with Crippen LogP contribution < -0.4 is 11.6 Å². The second kappa shape index (κ2) is 4.94.